The summed E-state index contributed by atoms with van der Waals surface area (Å²) >= 11 is 0. The standard InChI is InChI=1S/C18H23N3O6/c1-3-8-19-17(24)11(2)20-15(22)10-26-16(23)9-14-18(25)21-12-6-4-5-7-13(12)27-14/h4-7,11,14H,3,8-10H2,1-2H3,(H,19,24)(H,20,22)(H,21,25)/t11-,14-/m1/s1. The molecule has 0 fully saturated rings. The number of fused-ring (bicyclic) bond motifs is 1. The third-order valence-corrected chi connectivity index (χ3v) is 3.74. The van der Waals surface area contributed by atoms with E-state index in [2.05, 4.69) is 16.0 Å². The van der Waals surface area contributed by atoms with Crippen molar-refractivity contribution in [1.82, 2.24) is 10.6 Å². The number of benzene rings is 1. The summed E-state index contributed by atoms with van der Waals surface area (Å²) < 4.78 is 10.4. The number of ether oxygens (including phenoxy) is 2. The Bertz CT molecular complexity index is 721. The number of esters is 1. The first-order chi connectivity index (χ1) is 12.9. The smallest absolute Gasteiger partial charge is 0.310 e. The van der Waals surface area contributed by atoms with Crippen molar-refractivity contribution in [2.24, 2.45) is 0 Å². The highest BCUT2D eigenvalue weighted by Gasteiger charge is 2.30. The Kier molecular flexibility index (Phi) is 7.16. The second-order valence-electron chi connectivity index (χ2n) is 6.04. The number of amides is 3. The molecule has 3 N–H and O–H groups in total. The zero-order valence-corrected chi connectivity index (χ0v) is 15.2. The van der Waals surface area contributed by atoms with Gasteiger partial charge in [0.2, 0.25) is 5.91 Å². The van der Waals surface area contributed by atoms with Gasteiger partial charge in [0, 0.05) is 6.54 Å². The number of para-hydroxylation sites is 2. The summed E-state index contributed by atoms with van der Waals surface area (Å²) in [5.74, 6) is -1.69. The van der Waals surface area contributed by atoms with Crippen molar-refractivity contribution in [2.75, 3.05) is 18.5 Å². The van der Waals surface area contributed by atoms with Crippen molar-refractivity contribution in [2.45, 2.75) is 38.8 Å². The first-order valence-electron chi connectivity index (χ1n) is 8.70. The van der Waals surface area contributed by atoms with Gasteiger partial charge in [0.1, 0.15) is 11.8 Å². The molecule has 1 aliphatic rings. The van der Waals surface area contributed by atoms with Gasteiger partial charge in [-0.2, -0.15) is 0 Å². The largest absolute Gasteiger partial charge is 0.478 e. The topological polar surface area (TPSA) is 123 Å². The fourth-order valence-corrected chi connectivity index (χ4v) is 2.33. The average Bonchev–Trinajstić information content (AvgIpc) is 2.65. The molecule has 1 heterocycles. The molecule has 27 heavy (non-hydrogen) atoms. The van der Waals surface area contributed by atoms with E-state index in [4.69, 9.17) is 9.47 Å². The Morgan fingerprint density at radius 1 is 1.30 bits per heavy atom. The van der Waals surface area contributed by atoms with Crippen LogP contribution in [0.1, 0.15) is 26.7 Å². The molecule has 2 atom stereocenters. The second kappa shape index (κ2) is 9.56. The number of carbonyl (C=O) groups is 4. The molecule has 0 saturated heterocycles. The SMILES string of the molecule is CCCNC(=O)[C@@H](C)NC(=O)COC(=O)C[C@H]1Oc2ccccc2NC1=O. The van der Waals surface area contributed by atoms with E-state index in [1.165, 1.54) is 6.92 Å². The fourth-order valence-electron chi connectivity index (χ4n) is 2.33. The minimum atomic E-state index is -1.03. The van der Waals surface area contributed by atoms with Gasteiger partial charge in [-0.1, -0.05) is 19.1 Å². The van der Waals surface area contributed by atoms with Crippen LogP contribution in [0.4, 0.5) is 5.69 Å². The lowest BCUT2D eigenvalue weighted by Crippen LogP contribution is -2.46. The molecule has 0 radical (unpaired) electrons. The fraction of sp³-hybridized carbons (Fsp3) is 0.444. The molecule has 0 spiro atoms. The van der Waals surface area contributed by atoms with Crippen molar-refractivity contribution in [3.8, 4) is 5.75 Å². The summed E-state index contributed by atoms with van der Waals surface area (Å²) in [6.07, 6.45) is -0.583. The first-order valence-corrected chi connectivity index (χ1v) is 8.70. The minimum Gasteiger partial charge on any atom is -0.478 e. The minimum absolute atomic E-state index is 0.317. The molecule has 1 aliphatic heterocycles. The van der Waals surface area contributed by atoms with E-state index in [0.29, 0.717) is 18.0 Å². The molecular weight excluding hydrogens is 354 g/mol. The van der Waals surface area contributed by atoms with Gasteiger partial charge < -0.3 is 25.4 Å². The van der Waals surface area contributed by atoms with Gasteiger partial charge in [-0.3, -0.25) is 19.2 Å². The van der Waals surface area contributed by atoms with Gasteiger partial charge in [0.15, 0.2) is 12.7 Å². The lowest BCUT2D eigenvalue weighted by Gasteiger charge is -2.25. The predicted octanol–water partition coefficient (Wildman–Crippen LogP) is 0.350. The highest BCUT2D eigenvalue weighted by Crippen LogP contribution is 2.29. The van der Waals surface area contributed by atoms with Gasteiger partial charge in [-0.25, -0.2) is 0 Å². The molecule has 146 valence electrons. The average molecular weight is 377 g/mol. The maximum Gasteiger partial charge on any atom is 0.310 e. The molecule has 0 unspecified atom stereocenters. The zero-order valence-electron chi connectivity index (χ0n) is 15.2. The summed E-state index contributed by atoms with van der Waals surface area (Å²) in [7, 11) is 0. The van der Waals surface area contributed by atoms with Gasteiger partial charge in [0.05, 0.1) is 12.1 Å². The third-order valence-electron chi connectivity index (χ3n) is 3.74. The molecule has 1 aromatic rings. The molecule has 0 bridgehead atoms. The summed E-state index contributed by atoms with van der Waals surface area (Å²) in [5, 5.41) is 7.72. The van der Waals surface area contributed by atoms with Crippen molar-refractivity contribution in [1.29, 1.82) is 0 Å². The molecule has 9 nitrogen and oxygen atoms in total. The van der Waals surface area contributed by atoms with Crippen molar-refractivity contribution in [3.05, 3.63) is 24.3 Å². The molecule has 3 amide bonds. The highest BCUT2D eigenvalue weighted by atomic mass is 16.5. The predicted molar refractivity (Wildman–Crippen MR) is 96.0 cm³/mol. The Hall–Kier alpha value is -3.10. The van der Waals surface area contributed by atoms with E-state index in [-0.39, 0.29) is 12.3 Å². The van der Waals surface area contributed by atoms with Crippen LogP contribution in [-0.4, -0.2) is 49.0 Å². The van der Waals surface area contributed by atoms with Crippen molar-refractivity contribution >= 4 is 29.4 Å². The molecule has 0 saturated carbocycles. The molecule has 1 aromatic carbocycles. The zero-order chi connectivity index (χ0) is 19.8. The Morgan fingerprint density at radius 3 is 2.78 bits per heavy atom. The van der Waals surface area contributed by atoms with Crippen LogP contribution >= 0.6 is 0 Å². The monoisotopic (exact) mass is 377 g/mol. The van der Waals surface area contributed by atoms with E-state index in [0.717, 1.165) is 6.42 Å². The summed E-state index contributed by atoms with van der Waals surface area (Å²) in [4.78, 5) is 47.3. The molecule has 9 heteroatoms. The van der Waals surface area contributed by atoms with Crippen LogP contribution in [0.15, 0.2) is 24.3 Å². The van der Waals surface area contributed by atoms with Gasteiger partial charge >= 0.3 is 5.97 Å². The highest BCUT2D eigenvalue weighted by molar-refractivity contribution is 5.99. The molecule has 0 aromatic heterocycles. The van der Waals surface area contributed by atoms with E-state index in [9.17, 15) is 19.2 Å². The third kappa shape index (κ3) is 5.98. The number of hydrogen-bond acceptors (Lipinski definition) is 6. The summed E-state index contributed by atoms with van der Waals surface area (Å²) in [5.41, 5.74) is 0.529. The molecule has 2 rings (SSSR count). The number of hydrogen-bond donors (Lipinski definition) is 3. The number of carbonyl (C=O) groups excluding carboxylic acids is 4. The van der Waals surface area contributed by atoms with Gasteiger partial charge in [-0.15, -0.1) is 0 Å². The Balaban J connectivity index is 1.75. The van der Waals surface area contributed by atoms with Crippen LogP contribution in [-0.2, 0) is 23.9 Å². The van der Waals surface area contributed by atoms with Gasteiger partial charge in [0.25, 0.3) is 11.8 Å². The van der Waals surface area contributed by atoms with Crippen molar-refractivity contribution in [3.63, 3.8) is 0 Å². The van der Waals surface area contributed by atoms with E-state index >= 15 is 0 Å². The van der Waals surface area contributed by atoms with E-state index < -0.39 is 36.5 Å². The summed E-state index contributed by atoms with van der Waals surface area (Å²) in [6, 6.07) is 6.11. The number of anilines is 1. The Morgan fingerprint density at radius 2 is 2.04 bits per heavy atom. The lowest BCUT2D eigenvalue weighted by atomic mass is 10.1. The number of rotatable bonds is 8. The van der Waals surface area contributed by atoms with Crippen LogP contribution < -0.4 is 20.7 Å². The van der Waals surface area contributed by atoms with Crippen LogP contribution in [0.25, 0.3) is 0 Å². The maximum absolute atomic E-state index is 12.0. The van der Waals surface area contributed by atoms with Crippen LogP contribution in [0.5, 0.6) is 5.75 Å². The number of nitrogens with one attached hydrogen (secondary N) is 3. The normalized spacial score (nSPS) is 16.2. The van der Waals surface area contributed by atoms with Crippen molar-refractivity contribution < 1.29 is 28.7 Å². The maximum atomic E-state index is 12.0. The lowest BCUT2D eigenvalue weighted by molar-refractivity contribution is -0.151. The quantitative estimate of drug-likeness (QED) is 0.562. The first kappa shape index (κ1) is 20.2. The molecular formula is C18H23N3O6. The second-order valence-corrected chi connectivity index (χ2v) is 6.04. The van der Waals surface area contributed by atoms with E-state index in [1.807, 2.05) is 6.92 Å². The molecule has 0 aliphatic carbocycles. The van der Waals surface area contributed by atoms with E-state index in [1.54, 1.807) is 24.3 Å². The van der Waals surface area contributed by atoms with Crippen LogP contribution in [0, 0.1) is 0 Å². The van der Waals surface area contributed by atoms with Gasteiger partial charge in [-0.05, 0) is 25.5 Å². The Labute approximate surface area is 156 Å². The summed E-state index contributed by atoms with van der Waals surface area (Å²) in [6.45, 7) is 3.41. The van der Waals surface area contributed by atoms with Crippen LogP contribution in [0.2, 0.25) is 0 Å². The van der Waals surface area contributed by atoms with Crippen LogP contribution in [0.3, 0.4) is 0 Å².